The van der Waals surface area contributed by atoms with E-state index in [4.69, 9.17) is 9.63 Å². The van der Waals surface area contributed by atoms with Crippen molar-refractivity contribution in [2.45, 2.75) is 25.4 Å². The number of anilines is 1. The van der Waals surface area contributed by atoms with E-state index in [1.807, 2.05) is 31.3 Å². The molecular weight excluding hydrogens is 358 g/mol. The van der Waals surface area contributed by atoms with Crippen LogP contribution in [0.15, 0.2) is 47.1 Å². The van der Waals surface area contributed by atoms with Crippen molar-refractivity contribution in [2.75, 3.05) is 18.9 Å². The number of benzene rings is 1. The third kappa shape index (κ3) is 3.72. The fourth-order valence-electron chi connectivity index (χ4n) is 3.44. The van der Waals surface area contributed by atoms with Crippen LogP contribution in [0.1, 0.15) is 40.7 Å². The first-order chi connectivity index (χ1) is 13.6. The number of hydrogen-bond acceptors (Lipinski definition) is 7. The molecule has 1 aliphatic heterocycles. The van der Waals surface area contributed by atoms with Gasteiger partial charge in [-0.05, 0) is 49.2 Å². The van der Waals surface area contributed by atoms with E-state index in [0.29, 0.717) is 23.8 Å². The SMILES string of the molecule is CNc1ccc(-c2noc([C@@H]3CCCN3Cc3ccc(C(=O)O)cc3)n2)cn1. The molecule has 1 aromatic carbocycles. The van der Waals surface area contributed by atoms with Gasteiger partial charge in [0.2, 0.25) is 11.7 Å². The summed E-state index contributed by atoms with van der Waals surface area (Å²) in [6.07, 6.45) is 3.72. The van der Waals surface area contributed by atoms with E-state index >= 15 is 0 Å². The molecule has 0 unspecified atom stereocenters. The molecule has 3 aromatic rings. The number of aromatic nitrogens is 3. The zero-order valence-electron chi connectivity index (χ0n) is 15.5. The maximum absolute atomic E-state index is 11.0. The summed E-state index contributed by atoms with van der Waals surface area (Å²) in [7, 11) is 1.82. The van der Waals surface area contributed by atoms with Crippen LogP contribution >= 0.6 is 0 Å². The molecule has 8 nitrogen and oxygen atoms in total. The maximum Gasteiger partial charge on any atom is 0.335 e. The number of carboxylic acid groups (broad SMARTS) is 1. The van der Waals surface area contributed by atoms with Gasteiger partial charge in [-0.1, -0.05) is 17.3 Å². The van der Waals surface area contributed by atoms with Gasteiger partial charge in [0.1, 0.15) is 5.82 Å². The van der Waals surface area contributed by atoms with Crippen molar-refractivity contribution in [3.8, 4) is 11.4 Å². The minimum atomic E-state index is -0.916. The fraction of sp³-hybridized carbons (Fsp3) is 0.300. The van der Waals surface area contributed by atoms with Crippen LogP contribution in [0, 0.1) is 0 Å². The van der Waals surface area contributed by atoms with Gasteiger partial charge in [0.25, 0.3) is 0 Å². The lowest BCUT2D eigenvalue weighted by Gasteiger charge is -2.21. The average Bonchev–Trinajstić information content (AvgIpc) is 3.38. The Hall–Kier alpha value is -3.26. The van der Waals surface area contributed by atoms with Gasteiger partial charge in [-0.15, -0.1) is 0 Å². The summed E-state index contributed by atoms with van der Waals surface area (Å²) in [4.78, 5) is 22.2. The molecule has 0 radical (unpaired) electrons. The molecule has 1 saturated heterocycles. The summed E-state index contributed by atoms with van der Waals surface area (Å²) in [5.41, 5.74) is 2.16. The second-order valence-corrected chi connectivity index (χ2v) is 6.77. The smallest absolute Gasteiger partial charge is 0.335 e. The molecule has 28 heavy (non-hydrogen) atoms. The third-order valence-corrected chi connectivity index (χ3v) is 4.95. The summed E-state index contributed by atoms with van der Waals surface area (Å²) >= 11 is 0. The molecule has 8 heteroatoms. The Labute approximate surface area is 162 Å². The molecule has 1 fully saturated rings. The second-order valence-electron chi connectivity index (χ2n) is 6.77. The zero-order valence-corrected chi connectivity index (χ0v) is 15.5. The molecule has 2 N–H and O–H groups in total. The van der Waals surface area contributed by atoms with E-state index in [-0.39, 0.29) is 6.04 Å². The van der Waals surface area contributed by atoms with Crippen LogP contribution in [0.25, 0.3) is 11.4 Å². The lowest BCUT2D eigenvalue weighted by molar-refractivity contribution is 0.0697. The summed E-state index contributed by atoms with van der Waals surface area (Å²) in [6, 6.07) is 10.8. The van der Waals surface area contributed by atoms with Crippen LogP contribution in [0.4, 0.5) is 5.82 Å². The van der Waals surface area contributed by atoms with Gasteiger partial charge < -0.3 is 14.9 Å². The molecule has 0 saturated carbocycles. The lowest BCUT2D eigenvalue weighted by atomic mass is 10.1. The standard InChI is InChI=1S/C20H21N5O3/c1-21-17-9-8-15(11-22-17)18-23-19(28-24-18)16-3-2-10-25(16)12-13-4-6-14(7-5-13)20(26)27/h4-9,11,16H,2-3,10,12H2,1H3,(H,21,22)(H,26,27)/t16-/m0/s1. The Bertz CT molecular complexity index is 953. The van der Waals surface area contributed by atoms with Gasteiger partial charge >= 0.3 is 5.97 Å². The molecule has 0 aliphatic carbocycles. The second kappa shape index (κ2) is 7.77. The molecular formula is C20H21N5O3. The van der Waals surface area contributed by atoms with E-state index in [1.165, 1.54) is 0 Å². The highest BCUT2D eigenvalue weighted by Crippen LogP contribution is 2.33. The Balaban J connectivity index is 1.48. The zero-order chi connectivity index (χ0) is 19.5. The van der Waals surface area contributed by atoms with Crippen LogP contribution < -0.4 is 5.32 Å². The summed E-state index contributed by atoms with van der Waals surface area (Å²) < 4.78 is 5.55. The van der Waals surface area contributed by atoms with Crippen molar-refractivity contribution in [3.63, 3.8) is 0 Å². The predicted molar refractivity (Wildman–Crippen MR) is 103 cm³/mol. The van der Waals surface area contributed by atoms with Crippen molar-refractivity contribution in [3.05, 3.63) is 59.6 Å². The fourth-order valence-corrected chi connectivity index (χ4v) is 3.44. The maximum atomic E-state index is 11.0. The van der Waals surface area contributed by atoms with E-state index < -0.39 is 5.97 Å². The number of hydrogen-bond donors (Lipinski definition) is 2. The normalized spacial score (nSPS) is 17.0. The topological polar surface area (TPSA) is 104 Å². The number of carboxylic acids is 1. The molecule has 0 bridgehead atoms. The number of likely N-dealkylation sites (tertiary alicyclic amines) is 1. The molecule has 4 rings (SSSR count). The minimum absolute atomic E-state index is 0.0601. The van der Waals surface area contributed by atoms with Crippen LogP contribution in [0.3, 0.4) is 0 Å². The molecule has 0 amide bonds. The third-order valence-electron chi connectivity index (χ3n) is 4.95. The number of nitrogens with one attached hydrogen (secondary N) is 1. The lowest BCUT2D eigenvalue weighted by Crippen LogP contribution is -2.23. The Morgan fingerprint density at radius 3 is 2.79 bits per heavy atom. The van der Waals surface area contributed by atoms with Crippen molar-refractivity contribution in [1.29, 1.82) is 0 Å². The van der Waals surface area contributed by atoms with Crippen molar-refractivity contribution in [1.82, 2.24) is 20.0 Å². The van der Waals surface area contributed by atoms with Gasteiger partial charge in [-0.2, -0.15) is 4.98 Å². The number of carbonyl (C=O) groups is 1. The molecule has 144 valence electrons. The van der Waals surface area contributed by atoms with E-state index in [1.54, 1.807) is 18.3 Å². The van der Waals surface area contributed by atoms with Crippen LogP contribution in [-0.2, 0) is 6.54 Å². The first-order valence-electron chi connectivity index (χ1n) is 9.18. The van der Waals surface area contributed by atoms with Crippen LogP contribution in [0.2, 0.25) is 0 Å². The highest BCUT2D eigenvalue weighted by molar-refractivity contribution is 5.87. The molecule has 1 atom stereocenters. The van der Waals surface area contributed by atoms with Crippen molar-refractivity contribution < 1.29 is 14.4 Å². The van der Waals surface area contributed by atoms with Crippen LogP contribution in [0.5, 0.6) is 0 Å². The van der Waals surface area contributed by atoms with E-state index in [0.717, 1.165) is 36.3 Å². The van der Waals surface area contributed by atoms with Gasteiger partial charge in [-0.3, -0.25) is 4.90 Å². The largest absolute Gasteiger partial charge is 0.478 e. The number of pyridine rings is 1. The predicted octanol–water partition coefficient (Wildman–Crippen LogP) is 3.21. The summed E-state index contributed by atoms with van der Waals surface area (Å²) in [5.74, 6) is 1.000. The Morgan fingerprint density at radius 1 is 1.29 bits per heavy atom. The van der Waals surface area contributed by atoms with Crippen molar-refractivity contribution >= 4 is 11.8 Å². The molecule has 1 aliphatic rings. The monoisotopic (exact) mass is 379 g/mol. The minimum Gasteiger partial charge on any atom is -0.478 e. The highest BCUT2D eigenvalue weighted by Gasteiger charge is 2.30. The number of aromatic carboxylic acids is 1. The van der Waals surface area contributed by atoms with Gasteiger partial charge in [-0.25, -0.2) is 9.78 Å². The number of rotatable bonds is 6. The highest BCUT2D eigenvalue weighted by atomic mass is 16.5. The van der Waals surface area contributed by atoms with Gasteiger partial charge in [0.05, 0.1) is 11.6 Å². The van der Waals surface area contributed by atoms with E-state index in [9.17, 15) is 4.79 Å². The van der Waals surface area contributed by atoms with Gasteiger partial charge in [0, 0.05) is 25.4 Å². The summed E-state index contributed by atoms with van der Waals surface area (Å²) in [6.45, 7) is 1.64. The average molecular weight is 379 g/mol. The summed E-state index contributed by atoms with van der Waals surface area (Å²) in [5, 5.41) is 16.1. The van der Waals surface area contributed by atoms with Crippen LogP contribution in [-0.4, -0.2) is 44.7 Å². The first-order valence-corrected chi connectivity index (χ1v) is 9.18. The van der Waals surface area contributed by atoms with E-state index in [2.05, 4.69) is 25.3 Å². The first kappa shape index (κ1) is 18.1. The Morgan fingerprint density at radius 2 is 2.11 bits per heavy atom. The van der Waals surface area contributed by atoms with Gasteiger partial charge in [0.15, 0.2) is 0 Å². The van der Waals surface area contributed by atoms with Crippen molar-refractivity contribution in [2.24, 2.45) is 0 Å². The number of nitrogens with zero attached hydrogens (tertiary/aromatic N) is 4. The molecule has 3 heterocycles. The quantitative estimate of drug-likeness (QED) is 0.673. The molecule has 2 aromatic heterocycles. The molecule has 0 spiro atoms. The Kier molecular flexibility index (Phi) is 5.03.